The number of rotatable bonds is 4. The van der Waals surface area contributed by atoms with Crippen molar-refractivity contribution in [3.8, 4) is 23.5 Å². The molecule has 2 N–H and O–H groups in total. The summed E-state index contributed by atoms with van der Waals surface area (Å²) in [6.45, 7) is 0. The quantitative estimate of drug-likeness (QED) is 0.662. The Bertz CT molecular complexity index is 787. The predicted molar refractivity (Wildman–Crippen MR) is 85.9 cm³/mol. The van der Waals surface area contributed by atoms with E-state index in [2.05, 4.69) is 27.3 Å². The summed E-state index contributed by atoms with van der Waals surface area (Å²) in [6.07, 6.45) is 5.61. The summed E-state index contributed by atoms with van der Waals surface area (Å²) in [5, 5.41) is 18.4. The van der Waals surface area contributed by atoms with Gasteiger partial charge in [0.25, 0.3) is 5.88 Å². The van der Waals surface area contributed by atoms with Crippen LogP contribution in [0.25, 0.3) is 0 Å². The third-order valence-corrected chi connectivity index (χ3v) is 4.41. The van der Waals surface area contributed by atoms with Gasteiger partial charge in [0.2, 0.25) is 5.69 Å². The van der Waals surface area contributed by atoms with Gasteiger partial charge in [0.05, 0.1) is 0 Å². The molecule has 1 aliphatic carbocycles. The number of hydrogen-bond acceptors (Lipinski definition) is 5. The van der Waals surface area contributed by atoms with E-state index in [9.17, 15) is 4.79 Å². The van der Waals surface area contributed by atoms with Crippen LogP contribution >= 0.6 is 11.8 Å². The first-order valence-corrected chi connectivity index (χ1v) is 8.41. The van der Waals surface area contributed by atoms with E-state index in [1.165, 1.54) is 19.3 Å². The molecule has 0 amide bonds. The number of aromatic carboxylic acids is 1. The second-order valence-corrected chi connectivity index (χ2v) is 6.01. The zero-order chi connectivity index (χ0) is 16.2. The lowest BCUT2D eigenvalue weighted by Crippen LogP contribution is -2.07. The molecule has 1 saturated carbocycles. The second-order valence-electron chi connectivity index (χ2n) is 5.16. The second kappa shape index (κ2) is 6.75. The molecule has 6 nitrogen and oxygen atoms in total. The summed E-state index contributed by atoms with van der Waals surface area (Å²) in [7, 11) is 0. The predicted octanol–water partition coefficient (Wildman–Crippen LogP) is 3.17. The van der Waals surface area contributed by atoms with Crippen molar-refractivity contribution in [3.63, 3.8) is 0 Å². The summed E-state index contributed by atoms with van der Waals surface area (Å²) >= 11 is 1.57. The lowest BCUT2D eigenvalue weighted by molar-refractivity contribution is 0.0687. The third kappa shape index (κ3) is 3.48. The maximum atomic E-state index is 11.0. The smallest absolute Gasteiger partial charge is 0.359 e. The highest BCUT2D eigenvalue weighted by atomic mass is 32.2. The minimum atomic E-state index is -1.17. The molecule has 1 aromatic heterocycles. The van der Waals surface area contributed by atoms with E-state index in [4.69, 9.17) is 9.84 Å². The number of hydrogen-bond donors (Lipinski definition) is 2. The van der Waals surface area contributed by atoms with Crippen LogP contribution in [0.3, 0.4) is 0 Å². The van der Waals surface area contributed by atoms with Crippen molar-refractivity contribution < 1.29 is 14.6 Å². The highest BCUT2D eigenvalue weighted by Gasteiger charge is 2.17. The molecule has 1 fully saturated rings. The van der Waals surface area contributed by atoms with Gasteiger partial charge in [0.1, 0.15) is 5.75 Å². The molecule has 1 aromatic carbocycles. The first-order chi connectivity index (χ1) is 11.2. The molecule has 2 aromatic rings. The van der Waals surface area contributed by atoms with Crippen LogP contribution in [0.5, 0.6) is 11.6 Å². The molecule has 118 valence electrons. The van der Waals surface area contributed by atoms with E-state index in [0.29, 0.717) is 11.7 Å². The van der Waals surface area contributed by atoms with Crippen LogP contribution in [0.1, 0.15) is 35.3 Å². The lowest BCUT2D eigenvalue weighted by atomic mass is 9.86. The Kier molecular flexibility index (Phi) is 4.53. The molecule has 0 bridgehead atoms. The normalized spacial score (nSPS) is 13.8. The summed E-state index contributed by atoms with van der Waals surface area (Å²) in [4.78, 5) is 12.0. The van der Waals surface area contributed by atoms with E-state index >= 15 is 0 Å². The maximum Gasteiger partial charge on any atom is 0.359 e. The molecule has 0 spiro atoms. The minimum absolute atomic E-state index is 0.0575. The molecule has 0 unspecified atom stereocenters. The standard InChI is InChI=1S/C16H15N3O3S/c1-23-13-9-12(22-15-14(16(20)21)17-19-18-15)8-7-11(13)6-5-10-3-2-4-10/h7-10H,2-4H2,1H3,(H,20,21)(H,17,18,19). The zero-order valence-corrected chi connectivity index (χ0v) is 13.3. The molecule has 0 aliphatic heterocycles. The Labute approximate surface area is 137 Å². The fraction of sp³-hybridized carbons (Fsp3) is 0.312. The molecule has 0 radical (unpaired) electrons. The van der Waals surface area contributed by atoms with Gasteiger partial charge in [-0.1, -0.05) is 28.6 Å². The van der Waals surface area contributed by atoms with Crippen molar-refractivity contribution in [1.29, 1.82) is 0 Å². The van der Waals surface area contributed by atoms with Crippen LogP contribution in [0.4, 0.5) is 0 Å². The molecular formula is C16H15N3O3S. The fourth-order valence-electron chi connectivity index (χ4n) is 2.11. The van der Waals surface area contributed by atoms with Crippen molar-refractivity contribution in [1.82, 2.24) is 15.4 Å². The minimum Gasteiger partial charge on any atom is -0.476 e. The Morgan fingerprint density at radius 3 is 2.96 bits per heavy atom. The SMILES string of the molecule is CSc1cc(Oc2nn[nH]c2C(=O)O)ccc1C#CC1CCC1. The Morgan fingerprint density at radius 1 is 1.48 bits per heavy atom. The number of thioether (sulfide) groups is 1. The van der Waals surface area contributed by atoms with Crippen LogP contribution in [0.2, 0.25) is 0 Å². The third-order valence-electron chi connectivity index (χ3n) is 3.63. The summed E-state index contributed by atoms with van der Waals surface area (Å²) in [5.41, 5.74) is 0.778. The van der Waals surface area contributed by atoms with Crippen molar-refractivity contribution >= 4 is 17.7 Å². The van der Waals surface area contributed by atoms with E-state index in [1.54, 1.807) is 17.8 Å². The monoisotopic (exact) mass is 329 g/mol. The van der Waals surface area contributed by atoms with Gasteiger partial charge in [-0.15, -0.1) is 11.8 Å². The number of carboxylic acid groups (broad SMARTS) is 1. The van der Waals surface area contributed by atoms with Crippen LogP contribution in [0.15, 0.2) is 23.1 Å². The summed E-state index contributed by atoms with van der Waals surface area (Å²) in [6, 6.07) is 5.47. The van der Waals surface area contributed by atoms with E-state index < -0.39 is 5.97 Å². The molecule has 0 saturated heterocycles. The van der Waals surface area contributed by atoms with Gasteiger partial charge in [-0.25, -0.2) is 9.89 Å². The molecule has 23 heavy (non-hydrogen) atoms. The van der Waals surface area contributed by atoms with E-state index in [1.807, 2.05) is 18.4 Å². The number of aromatic amines is 1. The van der Waals surface area contributed by atoms with E-state index in [0.717, 1.165) is 10.5 Å². The average Bonchev–Trinajstić information content (AvgIpc) is 2.95. The zero-order valence-electron chi connectivity index (χ0n) is 12.5. The fourth-order valence-corrected chi connectivity index (χ4v) is 2.68. The molecule has 1 heterocycles. The van der Waals surface area contributed by atoms with Crippen LogP contribution in [-0.4, -0.2) is 32.7 Å². The van der Waals surface area contributed by atoms with Gasteiger partial charge < -0.3 is 9.84 Å². The number of aromatic nitrogens is 3. The highest BCUT2D eigenvalue weighted by molar-refractivity contribution is 7.98. The number of carbonyl (C=O) groups is 1. The van der Waals surface area contributed by atoms with Crippen molar-refractivity contribution in [2.24, 2.45) is 5.92 Å². The van der Waals surface area contributed by atoms with E-state index in [-0.39, 0.29) is 11.6 Å². The summed E-state index contributed by atoms with van der Waals surface area (Å²) in [5.74, 6) is 6.31. The van der Waals surface area contributed by atoms with Crippen molar-refractivity contribution in [2.45, 2.75) is 24.2 Å². The molecule has 7 heteroatoms. The molecule has 3 rings (SSSR count). The Hall–Kier alpha value is -2.46. The van der Waals surface area contributed by atoms with Gasteiger partial charge in [-0.2, -0.15) is 0 Å². The highest BCUT2D eigenvalue weighted by Crippen LogP contribution is 2.29. The van der Waals surface area contributed by atoms with Gasteiger partial charge in [-0.3, -0.25) is 0 Å². The summed E-state index contributed by atoms with van der Waals surface area (Å²) < 4.78 is 5.52. The topological polar surface area (TPSA) is 88.1 Å². The molecule has 1 aliphatic rings. The number of ether oxygens (including phenoxy) is 1. The maximum absolute atomic E-state index is 11.0. The number of carboxylic acids is 1. The Morgan fingerprint density at radius 2 is 2.30 bits per heavy atom. The number of nitrogens with zero attached hydrogens (tertiary/aromatic N) is 2. The first kappa shape index (κ1) is 15.4. The largest absolute Gasteiger partial charge is 0.476 e. The van der Waals surface area contributed by atoms with Gasteiger partial charge in [0.15, 0.2) is 0 Å². The van der Waals surface area contributed by atoms with Crippen molar-refractivity contribution in [3.05, 3.63) is 29.5 Å². The molecule has 0 atom stereocenters. The number of benzene rings is 1. The number of nitrogens with one attached hydrogen (secondary N) is 1. The average molecular weight is 329 g/mol. The van der Waals surface area contributed by atoms with Crippen LogP contribution < -0.4 is 4.74 Å². The van der Waals surface area contributed by atoms with Gasteiger partial charge in [-0.05, 0) is 37.3 Å². The van der Waals surface area contributed by atoms with Crippen molar-refractivity contribution in [2.75, 3.05) is 6.26 Å². The first-order valence-electron chi connectivity index (χ1n) is 7.19. The van der Waals surface area contributed by atoms with Crippen LogP contribution in [-0.2, 0) is 0 Å². The lowest BCUT2D eigenvalue weighted by Gasteiger charge is -2.18. The van der Waals surface area contributed by atoms with Crippen LogP contribution in [0, 0.1) is 17.8 Å². The number of H-pyrrole nitrogens is 1. The molecular weight excluding hydrogens is 314 g/mol. The van der Waals surface area contributed by atoms with Gasteiger partial charge >= 0.3 is 5.97 Å². The van der Waals surface area contributed by atoms with Gasteiger partial charge in [0, 0.05) is 16.4 Å². The Balaban J connectivity index is 1.81.